The molecule has 0 saturated heterocycles. The monoisotopic (exact) mass is 333 g/mol. The lowest BCUT2D eigenvalue weighted by Crippen LogP contribution is -2.31. The van der Waals surface area contributed by atoms with Gasteiger partial charge in [-0.2, -0.15) is 0 Å². The van der Waals surface area contributed by atoms with E-state index in [1.807, 2.05) is 6.92 Å². The SMILES string of the molecule is COc1ccc(OC)c(C(C)NC(=O)COc2ccccc2F)c1. The first-order valence-electron chi connectivity index (χ1n) is 7.43. The number of hydrogen-bond acceptors (Lipinski definition) is 4. The van der Waals surface area contributed by atoms with Crippen LogP contribution in [0.25, 0.3) is 0 Å². The molecule has 1 N–H and O–H groups in total. The van der Waals surface area contributed by atoms with Crippen LogP contribution in [0.1, 0.15) is 18.5 Å². The Bertz CT molecular complexity index is 705. The summed E-state index contributed by atoms with van der Waals surface area (Å²) >= 11 is 0. The summed E-state index contributed by atoms with van der Waals surface area (Å²) in [6.07, 6.45) is 0. The molecule has 0 aliphatic rings. The molecule has 0 spiro atoms. The molecule has 0 saturated carbocycles. The van der Waals surface area contributed by atoms with Crippen molar-refractivity contribution in [3.05, 3.63) is 53.8 Å². The Morgan fingerprint density at radius 3 is 2.54 bits per heavy atom. The molecule has 0 aliphatic heterocycles. The largest absolute Gasteiger partial charge is 0.497 e. The summed E-state index contributed by atoms with van der Waals surface area (Å²) < 4.78 is 29.2. The first-order valence-corrected chi connectivity index (χ1v) is 7.43. The molecule has 0 aromatic heterocycles. The van der Waals surface area contributed by atoms with Gasteiger partial charge in [-0.15, -0.1) is 0 Å². The van der Waals surface area contributed by atoms with E-state index in [1.165, 1.54) is 12.1 Å². The molecule has 1 atom stereocenters. The number of ether oxygens (including phenoxy) is 3. The van der Waals surface area contributed by atoms with E-state index in [9.17, 15) is 9.18 Å². The van der Waals surface area contributed by atoms with E-state index in [1.54, 1.807) is 44.6 Å². The van der Waals surface area contributed by atoms with Gasteiger partial charge >= 0.3 is 0 Å². The molecule has 0 heterocycles. The van der Waals surface area contributed by atoms with E-state index in [-0.39, 0.29) is 24.3 Å². The van der Waals surface area contributed by atoms with Crippen LogP contribution in [0.2, 0.25) is 0 Å². The second-order valence-electron chi connectivity index (χ2n) is 5.12. The third-order valence-corrected chi connectivity index (χ3v) is 3.48. The topological polar surface area (TPSA) is 56.8 Å². The van der Waals surface area contributed by atoms with Crippen molar-refractivity contribution < 1.29 is 23.4 Å². The van der Waals surface area contributed by atoms with Crippen LogP contribution in [0.5, 0.6) is 17.2 Å². The minimum Gasteiger partial charge on any atom is -0.497 e. The lowest BCUT2D eigenvalue weighted by atomic mass is 10.1. The second kappa shape index (κ2) is 8.19. The van der Waals surface area contributed by atoms with Crippen LogP contribution < -0.4 is 19.5 Å². The molecule has 1 amide bonds. The number of carbonyl (C=O) groups is 1. The van der Waals surface area contributed by atoms with Crippen LogP contribution in [-0.2, 0) is 4.79 Å². The van der Waals surface area contributed by atoms with Crippen LogP contribution in [0.15, 0.2) is 42.5 Å². The molecule has 0 fully saturated rings. The minimum atomic E-state index is -0.507. The number of rotatable bonds is 7. The highest BCUT2D eigenvalue weighted by molar-refractivity contribution is 5.78. The number of carbonyl (C=O) groups excluding carboxylic acids is 1. The summed E-state index contributed by atoms with van der Waals surface area (Å²) in [6.45, 7) is 1.54. The predicted molar refractivity (Wildman–Crippen MR) is 88.0 cm³/mol. The highest BCUT2D eigenvalue weighted by Crippen LogP contribution is 2.29. The number of methoxy groups -OCH3 is 2. The van der Waals surface area contributed by atoms with Gasteiger partial charge in [0.2, 0.25) is 0 Å². The summed E-state index contributed by atoms with van der Waals surface area (Å²) in [4.78, 5) is 12.0. The molecule has 2 rings (SSSR count). The van der Waals surface area contributed by atoms with Crippen molar-refractivity contribution in [3.8, 4) is 17.2 Å². The van der Waals surface area contributed by atoms with Crippen molar-refractivity contribution in [1.82, 2.24) is 5.32 Å². The van der Waals surface area contributed by atoms with E-state index >= 15 is 0 Å². The number of benzene rings is 2. The average Bonchev–Trinajstić information content (AvgIpc) is 2.60. The van der Waals surface area contributed by atoms with Crippen molar-refractivity contribution >= 4 is 5.91 Å². The highest BCUT2D eigenvalue weighted by Gasteiger charge is 2.16. The zero-order chi connectivity index (χ0) is 17.5. The van der Waals surface area contributed by atoms with Crippen LogP contribution >= 0.6 is 0 Å². The molecule has 5 nitrogen and oxygen atoms in total. The third kappa shape index (κ3) is 4.38. The smallest absolute Gasteiger partial charge is 0.258 e. The van der Waals surface area contributed by atoms with Gasteiger partial charge in [-0.25, -0.2) is 4.39 Å². The molecule has 2 aromatic rings. The third-order valence-electron chi connectivity index (χ3n) is 3.48. The standard InChI is InChI=1S/C18H20FNO4/c1-12(14-10-13(22-2)8-9-16(14)23-3)20-18(21)11-24-17-7-5-4-6-15(17)19/h4-10,12H,11H2,1-3H3,(H,20,21). The average molecular weight is 333 g/mol. The van der Waals surface area contributed by atoms with E-state index in [0.29, 0.717) is 11.5 Å². The van der Waals surface area contributed by atoms with E-state index in [4.69, 9.17) is 14.2 Å². The fraction of sp³-hybridized carbons (Fsp3) is 0.278. The fourth-order valence-electron chi connectivity index (χ4n) is 2.24. The van der Waals surface area contributed by atoms with Gasteiger partial charge in [0.25, 0.3) is 5.91 Å². The first kappa shape index (κ1) is 17.6. The summed E-state index contributed by atoms with van der Waals surface area (Å²) in [5.74, 6) is 0.468. The summed E-state index contributed by atoms with van der Waals surface area (Å²) in [5.41, 5.74) is 0.774. The zero-order valence-corrected chi connectivity index (χ0v) is 13.8. The number of amides is 1. The van der Waals surface area contributed by atoms with Gasteiger partial charge in [0, 0.05) is 5.56 Å². The quantitative estimate of drug-likeness (QED) is 0.846. The Hall–Kier alpha value is -2.76. The Labute approximate surface area is 140 Å². The molecule has 128 valence electrons. The number of halogens is 1. The van der Waals surface area contributed by atoms with Gasteiger partial charge in [0.05, 0.1) is 20.3 Å². The van der Waals surface area contributed by atoms with Crippen molar-refractivity contribution in [3.63, 3.8) is 0 Å². The molecular weight excluding hydrogens is 313 g/mol. The molecule has 6 heteroatoms. The van der Waals surface area contributed by atoms with Crippen molar-refractivity contribution in [1.29, 1.82) is 0 Å². The molecule has 0 radical (unpaired) electrons. The number of nitrogens with one attached hydrogen (secondary N) is 1. The predicted octanol–water partition coefficient (Wildman–Crippen LogP) is 3.10. The molecule has 24 heavy (non-hydrogen) atoms. The van der Waals surface area contributed by atoms with Gasteiger partial charge in [-0.3, -0.25) is 4.79 Å². The van der Waals surface area contributed by atoms with Crippen LogP contribution in [0.3, 0.4) is 0 Å². The number of hydrogen-bond donors (Lipinski definition) is 1. The van der Waals surface area contributed by atoms with Gasteiger partial charge < -0.3 is 19.5 Å². The summed E-state index contributed by atoms with van der Waals surface area (Å²) in [7, 11) is 3.12. The van der Waals surface area contributed by atoms with Crippen LogP contribution in [0.4, 0.5) is 4.39 Å². The van der Waals surface area contributed by atoms with E-state index in [2.05, 4.69) is 5.32 Å². The Morgan fingerprint density at radius 1 is 1.12 bits per heavy atom. The molecule has 1 unspecified atom stereocenters. The lowest BCUT2D eigenvalue weighted by molar-refractivity contribution is -0.123. The second-order valence-corrected chi connectivity index (χ2v) is 5.12. The normalized spacial score (nSPS) is 11.5. The molecular formula is C18H20FNO4. The van der Waals surface area contributed by atoms with Gasteiger partial charge in [-0.1, -0.05) is 12.1 Å². The maximum absolute atomic E-state index is 13.5. The Balaban J connectivity index is 2.00. The first-order chi connectivity index (χ1) is 11.5. The van der Waals surface area contributed by atoms with Gasteiger partial charge in [-0.05, 0) is 37.3 Å². The Kier molecular flexibility index (Phi) is 6.01. The van der Waals surface area contributed by atoms with Crippen LogP contribution in [0, 0.1) is 5.82 Å². The van der Waals surface area contributed by atoms with Crippen LogP contribution in [-0.4, -0.2) is 26.7 Å². The summed E-state index contributed by atoms with van der Waals surface area (Å²) in [5, 5.41) is 2.79. The maximum Gasteiger partial charge on any atom is 0.258 e. The van der Waals surface area contributed by atoms with E-state index < -0.39 is 5.82 Å². The van der Waals surface area contributed by atoms with Crippen molar-refractivity contribution in [2.75, 3.05) is 20.8 Å². The minimum absolute atomic E-state index is 0.0410. The lowest BCUT2D eigenvalue weighted by Gasteiger charge is -2.18. The zero-order valence-electron chi connectivity index (χ0n) is 13.8. The Morgan fingerprint density at radius 2 is 1.88 bits per heavy atom. The highest BCUT2D eigenvalue weighted by atomic mass is 19.1. The van der Waals surface area contributed by atoms with Crippen molar-refractivity contribution in [2.45, 2.75) is 13.0 Å². The maximum atomic E-state index is 13.5. The number of para-hydroxylation sites is 1. The fourth-order valence-corrected chi connectivity index (χ4v) is 2.24. The molecule has 0 bridgehead atoms. The van der Waals surface area contributed by atoms with E-state index in [0.717, 1.165) is 5.56 Å². The van der Waals surface area contributed by atoms with Gasteiger partial charge in [0.15, 0.2) is 18.2 Å². The summed E-state index contributed by atoms with van der Waals surface area (Å²) in [6, 6.07) is 11.0. The van der Waals surface area contributed by atoms with Gasteiger partial charge in [0.1, 0.15) is 11.5 Å². The van der Waals surface area contributed by atoms with Crippen molar-refractivity contribution in [2.24, 2.45) is 0 Å². The molecule has 0 aliphatic carbocycles. The molecule has 2 aromatic carbocycles.